The number of benzene rings is 1. The van der Waals surface area contributed by atoms with Gasteiger partial charge in [0.1, 0.15) is 4.88 Å². The number of carbonyl (C=O) groups excluding carboxylic acids is 1. The highest BCUT2D eigenvalue weighted by molar-refractivity contribution is 7.08. The summed E-state index contributed by atoms with van der Waals surface area (Å²) in [5, 5.41) is 10.9. The van der Waals surface area contributed by atoms with Gasteiger partial charge in [-0.1, -0.05) is 22.7 Å². The lowest BCUT2D eigenvalue weighted by Gasteiger charge is -2.25. The molecule has 1 saturated carbocycles. The molecule has 1 aromatic carbocycles. The Morgan fingerprint density at radius 2 is 2.03 bits per heavy atom. The van der Waals surface area contributed by atoms with Gasteiger partial charge in [-0.25, -0.2) is 4.79 Å². The van der Waals surface area contributed by atoms with E-state index in [0.717, 1.165) is 29.9 Å². The Hall–Kier alpha value is -3.40. The van der Waals surface area contributed by atoms with Crippen molar-refractivity contribution in [2.75, 3.05) is 5.32 Å². The van der Waals surface area contributed by atoms with Gasteiger partial charge < -0.3 is 9.73 Å². The number of dihydropyridines is 1. The quantitative estimate of drug-likeness (QED) is 0.658. The molecule has 1 aliphatic carbocycles. The molecule has 1 N–H and O–H groups in total. The Balaban J connectivity index is 1.40. The maximum atomic E-state index is 12.4. The summed E-state index contributed by atoms with van der Waals surface area (Å²) in [6.45, 7) is 1.76. The summed E-state index contributed by atoms with van der Waals surface area (Å²) in [5.41, 5.74) is 3.09. The molecule has 0 spiro atoms. The normalized spacial score (nSPS) is 20.5. The average Bonchev–Trinajstić information content (AvgIpc) is 3.44. The zero-order valence-electron chi connectivity index (χ0n) is 17.0. The van der Waals surface area contributed by atoms with E-state index >= 15 is 0 Å². The van der Waals surface area contributed by atoms with Gasteiger partial charge in [-0.05, 0) is 54.9 Å². The molecule has 2 aliphatic rings. The van der Waals surface area contributed by atoms with Crippen molar-refractivity contribution in [2.45, 2.75) is 31.7 Å². The fraction of sp³-hybridized carbons (Fsp3) is 0.333. The van der Waals surface area contributed by atoms with Crippen molar-refractivity contribution in [2.24, 2.45) is 18.0 Å². The molecule has 10 heteroatoms. The molecule has 2 atom stereocenters. The fourth-order valence-corrected chi connectivity index (χ4v) is 4.30. The third-order valence-electron chi connectivity index (χ3n) is 5.57. The summed E-state index contributed by atoms with van der Waals surface area (Å²) in [7, 11) is 1.55. The maximum absolute atomic E-state index is 12.4. The summed E-state index contributed by atoms with van der Waals surface area (Å²) >= 11 is 1.08. The maximum Gasteiger partial charge on any atom is 0.437 e. The van der Waals surface area contributed by atoms with Crippen LogP contribution in [0.5, 0.6) is 0 Å². The largest absolute Gasteiger partial charge is 0.437 e. The number of rotatable bonds is 5. The number of nitrogens with zero attached hydrogens (tertiary/aromatic N) is 5. The molecule has 158 valence electrons. The molecule has 0 radical (unpaired) electrons. The summed E-state index contributed by atoms with van der Waals surface area (Å²) in [4.78, 5) is 29.4. The molecular formula is C21H20N6O3S. The minimum atomic E-state index is -0.503. The molecule has 1 fully saturated rings. The Kier molecular flexibility index (Phi) is 4.85. The average molecular weight is 436 g/mol. The summed E-state index contributed by atoms with van der Waals surface area (Å²) in [5.74, 6) is 0.142. The number of aromatic nitrogens is 4. The molecule has 0 saturated heterocycles. The molecule has 1 aliphatic heterocycles. The topological polar surface area (TPSA) is 115 Å². The van der Waals surface area contributed by atoms with Gasteiger partial charge in [0.2, 0.25) is 0 Å². The van der Waals surface area contributed by atoms with Gasteiger partial charge >= 0.3 is 5.76 Å². The van der Waals surface area contributed by atoms with Crippen LogP contribution in [0.4, 0.5) is 5.69 Å². The van der Waals surface area contributed by atoms with E-state index in [4.69, 9.17) is 9.41 Å². The molecule has 1 amide bonds. The molecule has 3 aromatic rings. The van der Waals surface area contributed by atoms with E-state index in [1.54, 1.807) is 20.2 Å². The Morgan fingerprint density at radius 1 is 1.26 bits per heavy atom. The van der Waals surface area contributed by atoms with Crippen LogP contribution in [0, 0.1) is 12.8 Å². The third kappa shape index (κ3) is 3.86. The second-order valence-corrected chi connectivity index (χ2v) is 8.57. The number of carbonyl (C=O) groups is 1. The zero-order valence-corrected chi connectivity index (χ0v) is 17.8. The van der Waals surface area contributed by atoms with Gasteiger partial charge in [-0.3, -0.25) is 9.79 Å². The van der Waals surface area contributed by atoms with Crippen LogP contribution in [0.2, 0.25) is 0 Å². The van der Waals surface area contributed by atoms with E-state index in [2.05, 4.69) is 26.1 Å². The van der Waals surface area contributed by atoms with Crippen molar-refractivity contribution < 1.29 is 9.21 Å². The lowest BCUT2D eigenvalue weighted by Crippen LogP contribution is -2.21. The first kappa shape index (κ1) is 19.6. The van der Waals surface area contributed by atoms with Gasteiger partial charge in [-0.15, -0.1) is 10.2 Å². The molecule has 2 aromatic heterocycles. The lowest BCUT2D eigenvalue weighted by atomic mass is 9.85. The Bertz CT molecular complexity index is 1250. The minimum absolute atomic E-state index is 0.0394. The zero-order chi connectivity index (χ0) is 21.5. The van der Waals surface area contributed by atoms with E-state index in [9.17, 15) is 9.59 Å². The van der Waals surface area contributed by atoms with Crippen LogP contribution in [-0.4, -0.2) is 37.5 Å². The van der Waals surface area contributed by atoms with Crippen molar-refractivity contribution in [3.8, 4) is 0 Å². The number of aryl methyl sites for hydroxylation is 2. The van der Waals surface area contributed by atoms with Gasteiger partial charge in [0.25, 0.3) is 11.8 Å². The second kappa shape index (κ2) is 7.69. The van der Waals surface area contributed by atoms with Crippen molar-refractivity contribution >= 4 is 34.9 Å². The molecule has 5 rings (SSSR count). The van der Waals surface area contributed by atoms with Crippen LogP contribution in [-0.2, 0) is 7.05 Å². The van der Waals surface area contributed by atoms with Crippen molar-refractivity contribution in [3.63, 3.8) is 0 Å². The molecule has 9 nitrogen and oxygen atoms in total. The first-order chi connectivity index (χ1) is 15.0. The first-order valence-corrected chi connectivity index (χ1v) is 10.8. The van der Waals surface area contributed by atoms with E-state index in [0.29, 0.717) is 27.7 Å². The minimum Gasteiger partial charge on any atom is -0.388 e. The number of hydrogen-bond acceptors (Lipinski definition) is 8. The van der Waals surface area contributed by atoms with Crippen LogP contribution in [0.15, 0.2) is 44.5 Å². The summed E-state index contributed by atoms with van der Waals surface area (Å²) < 4.78 is 10.2. The van der Waals surface area contributed by atoms with Gasteiger partial charge in [-0.2, -0.15) is 4.68 Å². The third-order valence-corrected chi connectivity index (χ3v) is 6.39. The smallest absolute Gasteiger partial charge is 0.388 e. The molecule has 3 heterocycles. The fourth-order valence-electron chi connectivity index (χ4n) is 3.75. The van der Waals surface area contributed by atoms with Gasteiger partial charge in [0.15, 0.2) is 0 Å². The van der Waals surface area contributed by atoms with Crippen molar-refractivity contribution in [1.82, 2.24) is 19.4 Å². The van der Waals surface area contributed by atoms with E-state index in [1.165, 1.54) is 4.68 Å². The van der Waals surface area contributed by atoms with Crippen LogP contribution in [0.3, 0.4) is 0 Å². The monoisotopic (exact) mass is 436 g/mol. The lowest BCUT2D eigenvalue weighted by molar-refractivity contribution is 0.103. The second-order valence-electron chi connectivity index (χ2n) is 7.81. The molecule has 0 bridgehead atoms. The molecule has 2 unspecified atom stereocenters. The predicted molar refractivity (Wildman–Crippen MR) is 117 cm³/mol. The highest BCUT2D eigenvalue weighted by Crippen LogP contribution is 2.44. The predicted octanol–water partition coefficient (Wildman–Crippen LogP) is 2.82. The first-order valence-electron chi connectivity index (χ1n) is 9.99. The van der Waals surface area contributed by atoms with E-state index in [-0.39, 0.29) is 23.8 Å². The van der Waals surface area contributed by atoms with Crippen LogP contribution in [0.25, 0.3) is 5.57 Å². The van der Waals surface area contributed by atoms with Crippen molar-refractivity contribution in [1.29, 1.82) is 0 Å². The summed E-state index contributed by atoms with van der Waals surface area (Å²) in [6, 6.07) is 7.90. The molecule has 31 heavy (non-hydrogen) atoms. The number of amides is 1. The van der Waals surface area contributed by atoms with Gasteiger partial charge in [0, 0.05) is 24.9 Å². The highest BCUT2D eigenvalue weighted by Gasteiger charge is 2.38. The number of anilines is 1. The van der Waals surface area contributed by atoms with Gasteiger partial charge in [0.05, 0.1) is 17.3 Å². The van der Waals surface area contributed by atoms with Crippen LogP contribution < -0.4 is 11.1 Å². The Labute approximate surface area is 181 Å². The number of nitrogens with one attached hydrogen (secondary N) is 1. The highest BCUT2D eigenvalue weighted by atomic mass is 32.1. The van der Waals surface area contributed by atoms with E-state index in [1.807, 2.05) is 24.3 Å². The van der Waals surface area contributed by atoms with Crippen LogP contribution in [0.1, 0.15) is 45.6 Å². The number of allylic oxidation sites excluding steroid dienone is 1. The van der Waals surface area contributed by atoms with Crippen molar-refractivity contribution in [3.05, 3.63) is 62.9 Å². The SMILES string of the molecule is Cc1nnsc1C(=O)Nc1ccc(C2C=C(c3nn(C)c(=O)o3)C=NC2C2CC2)cc1. The summed E-state index contributed by atoms with van der Waals surface area (Å²) in [6.07, 6.45) is 6.15. The number of aliphatic imine (C=N–C) groups is 1. The molecular weight excluding hydrogens is 416 g/mol. The Morgan fingerprint density at radius 3 is 2.65 bits per heavy atom. The standard InChI is InChI=1S/C21H20N6O3S/c1-11-18(31-26-24-11)19(28)23-15-7-5-12(6-8-15)16-9-14(10-22-17(16)13-3-4-13)20-25-27(2)21(29)30-20/h5-10,13,16-17H,3-4H2,1-2H3,(H,23,28). The van der Waals surface area contributed by atoms with Crippen LogP contribution >= 0.6 is 11.5 Å². The van der Waals surface area contributed by atoms with E-state index < -0.39 is 5.76 Å². The number of hydrogen-bond donors (Lipinski definition) is 1.